The van der Waals surface area contributed by atoms with Crippen LogP contribution in [0.15, 0.2) is 18.3 Å². The largest absolute Gasteiger partial charge is 0.373 e. The smallest absolute Gasteiger partial charge is 0.252 e. The predicted molar refractivity (Wildman–Crippen MR) is 54.9 cm³/mol. The summed E-state index contributed by atoms with van der Waals surface area (Å²) in [6, 6.07) is 3.29. The number of carbonyl (C=O) groups excluding carboxylic acids is 1. The van der Waals surface area contributed by atoms with E-state index in [-0.39, 0.29) is 12.5 Å². The highest BCUT2D eigenvalue weighted by Crippen LogP contribution is 2.05. The molecule has 0 aliphatic rings. The van der Waals surface area contributed by atoms with E-state index in [1.807, 2.05) is 0 Å². The average molecular weight is 189 g/mol. The van der Waals surface area contributed by atoms with E-state index in [2.05, 4.69) is 21.5 Å². The van der Waals surface area contributed by atoms with E-state index in [0.717, 1.165) is 0 Å². The number of pyridine rings is 1. The van der Waals surface area contributed by atoms with Crippen molar-refractivity contribution in [3.8, 4) is 12.3 Å². The van der Waals surface area contributed by atoms with Gasteiger partial charge in [0.25, 0.3) is 5.91 Å². The van der Waals surface area contributed by atoms with Crippen molar-refractivity contribution >= 4 is 11.7 Å². The third-order valence-electron chi connectivity index (χ3n) is 1.63. The number of nitrogens with one attached hydrogen (secondary N) is 2. The van der Waals surface area contributed by atoms with Gasteiger partial charge in [-0.1, -0.05) is 5.92 Å². The first-order chi connectivity index (χ1) is 6.77. The highest BCUT2D eigenvalue weighted by atomic mass is 16.1. The molecule has 0 atom stereocenters. The molecule has 0 fully saturated rings. The minimum atomic E-state index is -0.193. The summed E-state index contributed by atoms with van der Waals surface area (Å²) in [6.45, 7) is 0.232. The number of hydrogen-bond donors (Lipinski definition) is 2. The van der Waals surface area contributed by atoms with Crippen molar-refractivity contribution in [2.24, 2.45) is 0 Å². The summed E-state index contributed by atoms with van der Waals surface area (Å²) in [5.41, 5.74) is 0.541. The van der Waals surface area contributed by atoms with Crippen LogP contribution in [-0.4, -0.2) is 24.5 Å². The minimum absolute atomic E-state index is 0.193. The van der Waals surface area contributed by atoms with Crippen LogP contribution in [-0.2, 0) is 0 Å². The molecule has 0 saturated carbocycles. The highest BCUT2D eigenvalue weighted by molar-refractivity contribution is 5.94. The van der Waals surface area contributed by atoms with Crippen LogP contribution < -0.4 is 10.6 Å². The van der Waals surface area contributed by atoms with E-state index in [0.29, 0.717) is 11.4 Å². The van der Waals surface area contributed by atoms with Gasteiger partial charge >= 0.3 is 0 Å². The lowest BCUT2D eigenvalue weighted by Gasteiger charge is -2.03. The van der Waals surface area contributed by atoms with E-state index in [4.69, 9.17) is 6.42 Å². The summed E-state index contributed by atoms with van der Waals surface area (Å²) >= 11 is 0. The summed E-state index contributed by atoms with van der Waals surface area (Å²) in [5.74, 6) is 2.79. The minimum Gasteiger partial charge on any atom is -0.373 e. The van der Waals surface area contributed by atoms with E-state index in [1.165, 1.54) is 0 Å². The molecule has 14 heavy (non-hydrogen) atoms. The number of carbonyl (C=O) groups is 1. The average Bonchev–Trinajstić information content (AvgIpc) is 2.26. The standard InChI is InChI=1S/C10H11N3O/c1-3-5-13-10(14)8-4-6-12-9(7-8)11-2/h1,4,6-7H,5H2,2H3,(H,11,12)(H,13,14). The molecule has 1 aromatic rings. The van der Waals surface area contributed by atoms with Crippen molar-refractivity contribution in [3.05, 3.63) is 23.9 Å². The zero-order valence-electron chi connectivity index (χ0n) is 7.87. The highest BCUT2D eigenvalue weighted by Gasteiger charge is 2.04. The summed E-state index contributed by atoms with van der Waals surface area (Å²) in [6.07, 6.45) is 6.59. The first kappa shape index (κ1) is 10.1. The molecule has 0 saturated heterocycles. The number of terminal acetylenes is 1. The van der Waals surface area contributed by atoms with Crippen LogP contribution in [0.4, 0.5) is 5.82 Å². The molecule has 2 N–H and O–H groups in total. The Hall–Kier alpha value is -2.02. The third kappa shape index (κ3) is 2.49. The predicted octanol–water partition coefficient (Wildman–Crippen LogP) is 0.486. The van der Waals surface area contributed by atoms with Gasteiger partial charge in [-0.05, 0) is 12.1 Å². The molecule has 1 amide bonds. The van der Waals surface area contributed by atoms with Crippen molar-refractivity contribution < 1.29 is 4.79 Å². The lowest BCUT2D eigenvalue weighted by Crippen LogP contribution is -2.23. The molecular weight excluding hydrogens is 178 g/mol. The molecule has 0 radical (unpaired) electrons. The monoisotopic (exact) mass is 189 g/mol. The zero-order chi connectivity index (χ0) is 10.4. The lowest BCUT2D eigenvalue weighted by atomic mass is 10.2. The molecule has 0 bridgehead atoms. The molecule has 0 spiro atoms. The van der Waals surface area contributed by atoms with Gasteiger partial charge in [0.15, 0.2) is 0 Å². The molecule has 0 aliphatic heterocycles. The van der Waals surface area contributed by atoms with Crippen LogP contribution in [0.2, 0.25) is 0 Å². The SMILES string of the molecule is C#CCNC(=O)c1ccnc(NC)c1. The maximum Gasteiger partial charge on any atom is 0.252 e. The Bertz CT molecular complexity index is 368. The maximum absolute atomic E-state index is 11.4. The van der Waals surface area contributed by atoms with Crippen LogP contribution in [0.3, 0.4) is 0 Å². The fourth-order valence-electron chi connectivity index (χ4n) is 0.942. The molecule has 72 valence electrons. The van der Waals surface area contributed by atoms with Crippen LogP contribution in [0.25, 0.3) is 0 Å². The first-order valence-corrected chi connectivity index (χ1v) is 4.13. The molecule has 4 nitrogen and oxygen atoms in total. The number of nitrogens with zero attached hydrogens (tertiary/aromatic N) is 1. The summed E-state index contributed by atoms with van der Waals surface area (Å²) in [7, 11) is 1.74. The quantitative estimate of drug-likeness (QED) is 0.680. The maximum atomic E-state index is 11.4. The number of anilines is 1. The molecular formula is C10H11N3O. The summed E-state index contributed by atoms with van der Waals surface area (Å²) in [5, 5.41) is 5.42. The van der Waals surface area contributed by atoms with E-state index in [1.54, 1.807) is 25.4 Å². The second kappa shape index (κ2) is 4.87. The fourth-order valence-corrected chi connectivity index (χ4v) is 0.942. The van der Waals surface area contributed by atoms with Gasteiger partial charge in [-0.15, -0.1) is 6.42 Å². The number of hydrogen-bond acceptors (Lipinski definition) is 3. The Balaban J connectivity index is 2.75. The lowest BCUT2D eigenvalue weighted by molar-refractivity contribution is 0.0958. The second-order valence-corrected chi connectivity index (χ2v) is 2.57. The van der Waals surface area contributed by atoms with Crippen molar-refractivity contribution in [1.82, 2.24) is 10.3 Å². The van der Waals surface area contributed by atoms with Gasteiger partial charge in [0.05, 0.1) is 6.54 Å². The van der Waals surface area contributed by atoms with Gasteiger partial charge in [-0.3, -0.25) is 4.79 Å². The third-order valence-corrected chi connectivity index (χ3v) is 1.63. The molecule has 4 heteroatoms. The summed E-state index contributed by atoms with van der Waals surface area (Å²) in [4.78, 5) is 15.4. The first-order valence-electron chi connectivity index (χ1n) is 4.13. The topological polar surface area (TPSA) is 54.0 Å². The van der Waals surface area contributed by atoms with Gasteiger partial charge in [-0.25, -0.2) is 4.98 Å². The molecule has 1 aromatic heterocycles. The van der Waals surface area contributed by atoms with Crippen molar-refractivity contribution in [3.63, 3.8) is 0 Å². The Morgan fingerprint density at radius 3 is 3.14 bits per heavy atom. The Kier molecular flexibility index (Phi) is 3.50. The van der Waals surface area contributed by atoms with E-state index < -0.39 is 0 Å². The molecule has 1 rings (SSSR count). The Labute approximate surface area is 82.7 Å². The van der Waals surface area contributed by atoms with E-state index in [9.17, 15) is 4.79 Å². The number of rotatable bonds is 3. The summed E-state index contributed by atoms with van der Waals surface area (Å²) < 4.78 is 0. The van der Waals surface area contributed by atoms with Crippen LogP contribution in [0, 0.1) is 12.3 Å². The van der Waals surface area contributed by atoms with Crippen LogP contribution in [0.1, 0.15) is 10.4 Å². The van der Waals surface area contributed by atoms with Gasteiger partial charge < -0.3 is 10.6 Å². The van der Waals surface area contributed by atoms with Gasteiger partial charge in [0.2, 0.25) is 0 Å². The number of amides is 1. The number of aromatic nitrogens is 1. The molecule has 1 heterocycles. The second-order valence-electron chi connectivity index (χ2n) is 2.57. The van der Waals surface area contributed by atoms with Gasteiger partial charge in [-0.2, -0.15) is 0 Å². The van der Waals surface area contributed by atoms with Crippen molar-refractivity contribution in [2.45, 2.75) is 0 Å². The van der Waals surface area contributed by atoms with Gasteiger partial charge in [0.1, 0.15) is 5.82 Å². The van der Waals surface area contributed by atoms with Gasteiger partial charge in [0, 0.05) is 18.8 Å². The molecule has 0 aliphatic carbocycles. The van der Waals surface area contributed by atoms with Crippen LogP contribution in [0.5, 0.6) is 0 Å². The van der Waals surface area contributed by atoms with Crippen molar-refractivity contribution in [2.75, 3.05) is 18.9 Å². The Morgan fingerprint density at radius 2 is 2.50 bits per heavy atom. The normalized spacial score (nSPS) is 8.86. The fraction of sp³-hybridized carbons (Fsp3) is 0.200. The Morgan fingerprint density at radius 1 is 1.71 bits per heavy atom. The van der Waals surface area contributed by atoms with Crippen molar-refractivity contribution in [1.29, 1.82) is 0 Å². The molecule has 0 aromatic carbocycles. The molecule has 0 unspecified atom stereocenters. The zero-order valence-corrected chi connectivity index (χ0v) is 7.87. The van der Waals surface area contributed by atoms with Crippen LogP contribution >= 0.6 is 0 Å². The van der Waals surface area contributed by atoms with E-state index >= 15 is 0 Å².